The van der Waals surface area contributed by atoms with Crippen molar-refractivity contribution in [2.24, 2.45) is 0 Å². The molecule has 1 rings (SSSR count). The molecule has 10 heteroatoms. The lowest BCUT2D eigenvalue weighted by Crippen LogP contribution is -2.34. The second-order valence-corrected chi connectivity index (χ2v) is 3.72. The minimum atomic E-state index is -5.59. The molecule has 0 spiro atoms. The van der Waals surface area contributed by atoms with Crippen LogP contribution in [-0.2, 0) is 0 Å². The average molecular weight is 304 g/mol. The van der Waals surface area contributed by atoms with E-state index in [0.29, 0.717) is 6.07 Å². The van der Waals surface area contributed by atoms with Crippen molar-refractivity contribution in [1.29, 1.82) is 0 Å². The molecule has 0 aliphatic heterocycles. The zero-order valence-electron chi connectivity index (χ0n) is 9.79. The van der Waals surface area contributed by atoms with Gasteiger partial charge < -0.3 is 15.2 Å². The number of methoxy groups -OCH3 is 1. The van der Waals surface area contributed by atoms with Crippen LogP contribution in [0.4, 0.5) is 32.0 Å². The van der Waals surface area contributed by atoms with E-state index < -0.39 is 34.7 Å². The van der Waals surface area contributed by atoms with Crippen LogP contribution < -0.4 is 9.96 Å². The van der Waals surface area contributed by atoms with Crippen LogP contribution in [0.3, 0.4) is 0 Å². The van der Waals surface area contributed by atoms with Crippen LogP contribution in [0.1, 0.15) is 11.5 Å². The number of halogens is 6. The molecular formula is C10H8F6NO3-. The fraction of sp³-hybridized carbons (Fsp3) is 0.400. The molecule has 0 radical (unpaired) electrons. The van der Waals surface area contributed by atoms with Gasteiger partial charge in [0.1, 0.15) is 5.75 Å². The second-order valence-electron chi connectivity index (χ2n) is 3.72. The summed E-state index contributed by atoms with van der Waals surface area (Å²) in [6.07, 6.45) is -11.2. The Morgan fingerprint density at radius 1 is 1.15 bits per heavy atom. The fourth-order valence-electron chi connectivity index (χ4n) is 1.60. The Morgan fingerprint density at radius 3 is 2.00 bits per heavy atom. The van der Waals surface area contributed by atoms with Crippen LogP contribution in [0.5, 0.6) is 5.75 Å². The van der Waals surface area contributed by atoms with Gasteiger partial charge in [0.15, 0.2) is 5.92 Å². The highest BCUT2D eigenvalue weighted by Crippen LogP contribution is 2.47. The van der Waals surface area contributed by atoms with E-state index in [9.17, 15) is 31.5 Å². The number of rotatable bonds is 3. The molecular weight excluding hydrogens is 296 g/mol. The number of anilines is 1. The molecule has 0 saturated carbocycles. The van der Waals surface area contributed by atoms with Gasteiger partial charge in [-0.2, -0.15) is 26.3 Å². The number of hydrogen-bond acceptors (Lipinski definition) is 4. The number of ether oxygens (including phenoxy) is 1. The number of nitrogens with zero attached hydrogens (tertiary/aromatic N) is 1. The van der Waals surface area contributed by atoms with Gasteiger partial charge in [-0.3, -0.25) is 5.21 Å². The Morgan fingerprint density at radius 2 is 1.65 bits per heavy atom. The second kappa shape index (κ2) is 5.37. The van der Waals surface area contributed by atoms with Crippen LogP contribution in [0, 0.1) is 5.21 Å². The molecule has 0 amide bonds. The maximum absolute atomic E-state index is 12.5. The molecule has 0 unspecified atom stereocenters. The van der Waals surface area contributed by atoms with Crippen molar-refractivity contribution >= 4 is 5.69 Å². The van der Waals surface area contributed by atoms with Gasteiger partial charge in [0.05, 0.1) is 12.8 Å². The van der Waals surface area contributed by atoms with Gasteiger partial charge in [-0.15, -0.1) is 0 Å². The van der Waals surface area contributed by atoms with E-state index >= 15 is 0 Å². The molecule has 0 saturated heterocycles. The molecule has 0 aliphatic rings. The third-order valence-corrected chi connectivity index (χ3v) is 2.40. The first-order valence-corrected chi connectivity index (χ1v) is 4.96. The molecule has 0 atom stereocenters. The minimum absolute atomic E-state index is 0.275. The summed E-state index contributed by atoms with van der Waals surface area (Å²) in [5.74, 6) is -4.13. The molecule has 1 N–H and O–H groups in total. The third kappa shape index (κ3) is 3.45. The molecule has 1 aromatic rings. The van der Waals surface area contributed by atoms with Gasteiger partial charge in [0.2, 0.25) is 0 Å². The molecule has 114 valence electrons. The molecule has 0 heterocycles. The van der Waals surface area contributed by atoms with Crippen molar-refractivity contribution in [2.45, 2.75) is 18.3 Å². The van der Waals surface area contributed by atoms with Crippen LogP contribution in [0.15, 0.2) is 18.2 Å². The van der Waals surface area contributed by atoms with Crippen molar-refractivity contribution in [3.8, 4) is 5.75 Å². The summed E-state index contributed by atoms with van der Waals surface area (Å²) >= 11 is 0. The van der Waals surface area contributed by atoms with Crippen LogP contribution in [-0.4, -0.2) is 24.7 Å². The first kappa shape index (κ1) is 16.4. The smallest absolute Gasteiger partial charge is 0.404 e. The highest BCUT2D eigenvalue weighted by molar-refractivity contribution is 5.59. The van der Waals surface area contributed by atoms with E-state index in [1.54, 1.807) is 0 Å². The first-order valence-electron chi connectivity index (χ1n) is 4.96. The van der Waals surface area contributed by atoms with E-state index in [2.05, 4.69) is 4.74 Å². The zero-order valence-corrected chi connectivity index (χ0v) is 9.79. The predicted octanol–water partition coefficient (Wildman–Crippen LogP) is 3.60. The van der Waals surface area contributed by atoms with E-state index in [-0.39, 0.29) is 11.8 Å². The molecule has 4 nitrogen and oxygen atoms in total. The normalized spacial score (nSPS) is 12.7. The lowest BCUT2D eigenvalue weighted by Gasteiger charge is -2.27. The Labute approximate surface area is 108 Å². The van der Waals surface area contributed by atoms with Gasteiger partial charge in [0, 0.05) is 0 Å². The zero-order chi connectivity index (χ0) is 15.7. The molecule has 0 aromatic heterocycles. The molecule has 0 bridgehead atoms. The molecule has 1 aromatic carbocycles. The van der Waals surface area contributed by atoms with Crippen molar-refractivity contribution in [2.75, 3.05) is 12.3 Å². The summed E-state index contributed by atoms with van der Waals surface area (Å²) < 4.78 is 79.6. The first-order chi connectivity index (χ1) is 8.98. The Kier molecular flexibility index (Phi) is 4.39. The molecule has 0 fully saturated rings. The lowest BCUT2D eigenvalue weighted by atomic mass is 9.97. The molecule has 0 aliphatic carbocycles. The highest BCUT2D eigenvalue weighted by Gasteiger charge is 2.57. The van der Waals surface area contributed by atoms with Gasteiger partial charge >= 0.3 is 12.4 Å². The van der Waals surface area contributed by atoms with Crippen molar-refractivity contribution in [3.05, 3.63) is 29.0 Å². The largest absolute Gasteiger partial charge is 0.733 e. The standard InChI is InChI=1S/C10H8F6NO3/c1-20-7-3-2-5(4-6(7)17(18)19)8(9(11,12)13)10(14,15)16/h2-4,8,18H,1H3/q-1. The monoisotopic (exact) mass is 304 g/mol. The summed E-state index contributed by atoms with van der Waals surface area (Å²) in [7, 11) is 1.03. The maximum atomic E-state index is 12.5. The Balaban J connectivity index is 3.40. The maximum Gasteiger partial charge on any atom is 0.404 e. The van der Waals surface area contributed by atoms with Crippen molar-refractivity contribution < 1.29 is 36.3 Å². The topological polar surface area (TPSA) is 55.8 Å². The van der Waals surface area contributed by atoms with E-state index in [0.717, 1.165) is 13.2 Å². The van der Waals surface area contributed by atoms with Crippen molar-refractivity contribution in [1.82, 2.24) is 0 Å². The van der Waals surface area contributed by atoms with Crippen LogP contribution in [0.25, 0.3) is 0 Å². The number of alkyl halides is 6. The fourth-order valence-corrected chi connectivity index (χ4v) is 1.60. The number of benzene rings is 1. The highest BCUT2D eigenvalue weighted by atomic mass is 19.4. The quantitative estimate of drug-likeness (QED) is 0.685. The predicted molar refractivity (Wildman–Crippen MR) is 55.5 cm³/mol. The molecule has 20 heavy (non-hydrogen) atoms. The van der Waals surface area contributed by atoms with Gasteiger partial charge in [0.25, 0.3) is 0 Å². The van der Waals surface area contributed by atoms with E-state index in [1.807, 2.05) is 0 Å². The third-order valence-electron chi connectivity index (χ3n) is 2.40. The SMILES string of the molecule is COc1ccc(C(C(F)(F)F)C(F)(F)F)cc1N([O-])O. The van der Waals surface area contributed by atoms with E-state index in [1.165, 1.54) is 0 Å². The van der Waals surface area contributed by atoms with Crippen LogP contribution >= 0.6 is 0 Å². The van der Waals surface area contributed by atoms with Gasteiger partial charge in [-0.25, -0.2) is 0 Å². The summed E-state index contributed by atoms with van der Waals surface area (Å²) in [5, 5.41) is 18.5. The van der Waals surface area contributed by atoms with Crippen molar-refractivity contribution in [3.63, 3.8) is 0 Å². The van der Waals surface area contributed by atoms with Gasteiger partial charge in [-0.1, -0.05) is 6.07 Å². The van der Waals surface area contributed by atoms with E-state index in [4.69, 9.17) is 5.21 Å². The Hall–Kier alpha value is -1.68. The Bertz CT molecular complexity index is 457. The van der Waals surface area contributed by atoms with Gasteiger partial charge in [-0.05, 0) is 17.7 Å². The number of hydrogen-bond donors (Lipinski definition) is 1. The summed E-state index contributed by atoms with van der Waals surface area (Å²) in [5.41, 5.74) is -2.08. The summed E-state index contributed by atoms with van der Waals surface area (Å²) in [6, 6.07) is 1.53. The minimum Gasteiger partial charge on any atom is -0.733 e. The lowest BCUT2D eigenvalue weighted by molar-refractivity contribution is -0.253. The van der Waals surface area contributed by atoms with Crippen LogP contribution in [0.2, 0.25) is 0 Å². The summed E-state index contributed by atoms with van der Waals surface area (Å²) in [4.78, 5) is 0. The summed E-state index contributed by atoms with van der Waals surface area (Å²) in [6.45, 7) is 0. The average Bonchev–Trinajstić information content (AvgIpc) is 2.24.